The molecule has 0 spiro atoms. The van der Waals surface area contributed by atoms with Crippen LogP contribution in [0.1, 0.15) is 41.5 Å². The van der Waals surface area contributed by atoms with Gasteiger partial charge >= 0.3 is 5.97 Å². The Morgan fingerprint density at radius 1 is 1.00 bits per heavy atom. The molecule has 0 saturated heterocycles. The number of esters is 1. The maximum absolute atomic E-state index is 11.6. The van der Waals surface area contributed by atoms with Crippen LogP contribution >= 0.6 is 0 Å². The number of hydrogen-bond acceptors (Lipinski definition) is 4. The summed E-state index contributed by atoms with van der Waals surface area (Å²) in [4.78, 5) is 23.1. The molecule has 0 saturated carbocycles. The highest BCUT2D eigenvalue weighted by molar-refractivity contribution is 5.97. The van der Waals surface area contributed by atoms with Crippen LogP contribution in [0.2, 0.25) is 0 Å². The minimum absolute atomic E-state index is 0.223. The third kappa shape index (κ3) is 5.83. The molecule has 5 heteroatoms. The standard InChI is InChI=1S/C24H29NO4/c1-28-24(27)22(23(25)26)16-18-9-12-21(13-10-18)29-14-4-5-17-8-11-19-6-2-3-7-20(19)15-17/h8-13,15,22H,2-7,14,16H2,1H3,(H2,25,26). The summed E-state index contributed by atoms with van der Waals surface area (Å²) in [6.45, 7) is 0.641. The van der Waals surface area contributed by atoms with Gasteiger partial charge in [0.1, 0.15) is 11.7 Å². The van der Waals surface area contributed by atoms with Crippen LogP contribution in [-0.4, -0.2) is 25.6 Å². The molecular weight excluding hydrogens is 366 g/mol. The molecule has 0 radical (unpaired) electrons. The van der Waals surface area contributed by atoms with Gasteiger partial charge in [0.25, 0.3) is 0 Å². The Kier molecular flexibility index (Phi) is 7.28. The molecule has 29 heavy (non-hydrogen) atoms. The van der Waals surface area contributed by atoms with Crippen molar-refractivity contribution >= 4 is 11.9 Å². The van der Waals surface area contributed by atoms with Gasteiger partial charge in [0, 0.05) is 0 Å². The predicted molar refractivity (Wildman–Crippen MR) is 112 cm³/mol. The molecule has 1 amide bonds. The van der Waals surface area contributed by atoms with E-state index in [9.17, 15) is 9.59 Å². The number of amides is 1. The Morgan fingerprint density at radius 2 is 1.69 bits per heavy atom. The fourth-order valence-electron chi connectivity index (χ4n) is 3.81. The largest absolute Gasteiger partial charge is 0.494 e. The molecule has 2 aromatic carbocycles. The summed E-state index contributed by atoms with van der Waals surface area (Å²) in [5, 5.41) is 0. The molecule has 0 heterocycles. The fraction of sp³-hybridized carbons (Fsp3) is 0.417. The summed E-state index contributed by atoms with van der Waals surface area (Å²) in [6, 6.07) is 14.3. The summed E-state index contributed by atoms with van der Waals surface area (Å²) in [7, 11) is 1.25. The lowest BCUT2D eigenvalue weighted by Crippen LogP contribution is -2.32. The van der Waals surface area contributed by atoms with Crippen molar-refractivity contribution in [3.05, 3.63) is 64.7 Å². The van der Waals surface area contributed by atoms with Crippen LogP contribution in [0.15, 0.2) is 42.5 Å². The molecule has 5 nitrogen and oxygen atoms in total. The van der Waals surface area contributed by atoms with Gasteiger partial charge in [-0.2, -0.15) is 0 Å². The fourth-order valence-corrected chi connectivity index (χ4v) is 3.81. The highest BCUT2D eigenvalue weighted by Gasteiger charge is 2.25. The van der Waals surface area contributed by atoms with Crippen LogP contribution in [-0.2, 0) is 40.0 Å². The number of fused-ring (bicyclic) bond motifs is 1. The molecule has 3 rings (SSSR count). The Bertz CT molecular complexity index is 844. The number of methoxy groups -OCH3 is 1. The Morgan fingerprint density at radius 3 is 2.38 bits per heavy atom. The van der Waals surface area contributed by atoms with Gasteiger partial charge in [-0.15, -0.1) is 0 Å². The zero-order valence-electron chi connectivity index (χ0n) is 17.0. The van der Waals surface area contributed by atoms with Crippen molar-refractivity contribution in [3.63, 3.8) is 0 Å². The lowest BCUT2D eigenvalue weighted by molar-refractivity contribution is -0.149. The van der Waals surface area contributed by atoms with Gasteiger partial charge in [-0.1, -0.05) is 30.3 Å². The molecule has 1 atom stereocenters. The number of carbonyl (C=O) groups is 2. The average molecular weight is 395 g/mol. The van der Waals surface area contributed by atoms with E-state index in [0.29, 0.717) is 6.61 Å². The normalized spacial score (nSPS) is 14.0. The minimum atomic E-state index is -0.969. The molecule has 2 aromatic rings. The zero-order valence-corrected chi connectivity index (χ0v) is 17.0. The van der Waals surface area contributed by atoms with Crippen molar-refractivity contribution in [2.75, 3.05) is 13.7 Å². The lowest BCUT2D eigenvalue weighted by Gasteiger charge is -2.16. The van der Waals surface area contributed by atoms with Gasteiger partial charge in [0.15, 0.2) is 0 Å². The number of primary amides is 1. The molecule has 0 aliphatic heterocycles. The summed E-state index contributed by atoms with van der Waals surface area (Å²) in [5.41, 5.74) is 10.5. The van der Waals surface area contributed by atoms with Crippen molar-refractivity contribution in [3.8, 4) is 5.75 Å². The van der Waals surface area contributed by atoms with Gasteiger partial charge in [-0.3, -0.25) is 9.59 Å². The number of rotatable bonds is 9. The minimum Gasteiger partial charge on any atom is -0.494 e. The molecule has 2 N–H and O–H groups in total. The van der Waals surface area contributed by atoms with Gasteiger partial charge in [0.2, 0.25) is 5.91 Å². The maximum Gasteiger partial charge on any atom is 0.318 e. The van der Waals surface area contributed by atoms with E-state index in [2.05, 4.69) is 22.9 Å². The first-order valence-electron chi connectivity index (χ1n) is 10.3. The first kappa shape index (κ1) is 20.9. The van der Waals surface area contributed by atoms with E-state index in [-0.39, 0.29) is 6.42 Å². The van der Waals surface area contributed by atoms with E-state index >= 15 is 0 Å². The van der Waals surface area contributed by atoms with Gasteiger partial charge < -0.3 is 15.2 Å². The van der Waals surface area contributed by atoms with Crippen LogP contribution in [0.5, 0.6) is 5.75 Å². The van der Waals surface area contributed by atoms with E-state index in [1.807, 2.05) is 24.3 Å². The third-order valence-corrected chi connectivity index (χ3v) is 5.48. The van der Waals surface area contributed by atoms with E-state index in [1.54, 1.807) is 0 Å². The third-order valence-electron chi connectivity index (χ3n) is 5.48. The zero-order chi connectivity index (χ0) is 20.6. The monoisotopic (exact) mass is 395 g/mol. The lowest BCUT2D eigenvalue weighted by atomic mass is 9.90. The quantitative estimate of drug-likeness (QED) is 0.401. The van der Waals surface area contributed by atoms with Crippen LogP contribution < -0.4 is 10.5 Å². The summed E-state index contributed by atoms with van der Waals surface area (Å²) >= 11 is 0. The molecule has 154 valence electrons. The second-order valence-corrected chi connectivity index (χ2v) is 7.59. The molecule has 1 aliphatic carbocycles. The van der Waals surface area contributed by atoms with E-state index in [1.165, 1.54) is 49.5 Å². The Labute approximate surface area is 172 Å². The number of hydrogen-bond donors (Lipinski definition) is 1. The average Bonchev–Trinajstić information content (AvgIpc) is 2.75. The first-order valence-corrected chi connectivity index (χ1v) is 10.3. The number of benzene rings is 2. The van der Waals surface area contributed by atoms with E-state index < -0.39 is 17.8 Å². The van der Waals surface area contributed by atoms with Crippen LogP contribution in [0.25, 0.3) is 0 Å². The van der Waals surface area contributed by atoms with Crippen LogP contribution in [0.3, 0.4) is 0 Å². The highest BCUT2D eigenvalue weighted by Crippen LogP contribution is 2.23. The first-order chi connectivity index (χ1) is 14.1. The molecule has 0 bridgehead atoms. The number of ether oxygens (including phenoxy) is 2. The van der Waals surface area contributed by atoms with Gasteiger partial charge in [0.05, 0.1) is 13.7 Å². The Hall–Kier alpha value is -2.82. The molecule has 0 aromatic heterocycles. The van der Waals surface area contributed by atoms with Crippen molar-refractivity contribution in [2.24, 2.45) is 11.7 Å². The van der Waals surface area contributed by atoms with Crippen molar-refractivity contribution in [1.29, 1.82) is 0 Å². The number of nitrogens with two attached hydrogens (primary N) is 1. The summed E-state index contributed by atoms with van der Waals surface area (Å²) < 4.78 is 10.5. The summed E-state index contributed by atoms with van der Waals surface area (Å²) in [5.74, 6) is -1.49. The SMILES string of the molecule is COC(=O)C(Cc1ccc(OCCCc2ccc3c(c2)CCCC3)cc1)C(N)=O. The Balaban J connectivity index is 1.45. The molecule has 0 fully saturated rings. The number of carbonyl (C=O) groups excluding carboxylic acids is 2. The smallest absolute Gasteiger partial charge is 0.318 e. The van der Waals surface area contributed by atoms with Crippen LogP contribution in [0.4, 0.5) is 0 Å². The second-order valence-electron chi connectivity index (χ2n) is 7.59. The topological polar surface area (TPSA) is 78.6 Å². The second kappa shape index (κ2) is 10.1. The predicted octanol–water partition coefficient (Wildman–Crippen LogP) is 3.39. The van der Waals surface area contributed by atoms with Gasteiger partial charge in [-0.25, -0.2) is 0 Å². The maximum atomic E-state index is 11.6. The van der Waals surface area contributed by atoms with Crippen LogP contribution in [0, 0.1) is 5.92 Å². The van der Waals surface area contributed by atoms with Crippen molar-refractivity contribution in [2.45, 2.75) is 44.9 Å². The van der Waals surface area contributed by atoms with Gasteiger partial charge in [-0.05, 0) is 79.3 Å². The highest BCUT2D eigenvalue weighted by atomic mass is 16.5. The summed E-state index contributed by atoms with van der Waals surface area (Å²) in [6.07, 6.45) is 7.21. The molecule has 1 aliphatic rings. The molecular formula is C24H29NO4. The van der Waals surface area contributed by atoms with E-state index in [4.69, 9.17) is 10.5 Å². The van der Waals surface area contributed by atoms with Crippen molar-refractivity contribution in [1.82, 2.24) is 0 Å². The van der Waals surface area contributed by atoms with Crippen molar-refractivity contribution < 1.29 is 19.1 Å². The number of aryl methyl sites for hydroxylation is 3. The molecule has 1 unspecified atom stereocenters. The van der Waals surface area contributed by atoms with E-state index in [0.717, 1.165) is 24.2 Å².